The Morgan fingerprint density at radius 2 is 1.52 bits per heavy atom. The Hall–Kier alpha value is -0.880. The maximum absolute atomic E-state index is 11.2. The zero-order valence-corrected chi connectivity index (χ0v) is 14.2. The normalized spacial score (nSPS) is 12.1. The number of nitrogen functional groups attached to an aromatic ring is 1. The third-order valence-corrected chi connectivity index (χ3v) is 4.38. The first kappa shape index (κ1) is 18.2. The molecule has 2 aromatic rings. The Labute approximate surface area is 142 Å². The summed E-state index contributed by atoms with van der Waals surface area (Å²) in [4.78, 5) is -1.74. The Morgan fingerprint density at radius 1 is 0.952 bits per heavy atom. The van der Waals surface area contributed by atoms with Crippen LogP contribution >= 0.6 is 0 Å². The average Bonchev–Trinajstić information content (AvgIpc) is 2.24. The summed E-state index contributed by atoms with van der Waals surface area (Å²) in [5.41, 5.74) is 4.98. The molecule has 0 saturated heterocycles. The van der Waals surface area contributed by atoms with Crippen LogP contribution in [0, 0.1) is 0 Å². The molecule has 0 amide bonds. The van der Waals surface area contributed by atoms with Gasteiger partial charge in [-0.05, 0) is 24.3 Å². The van der Waals surface area contributed by atoms with Crippen molar-refractivity contribution in [3.8, 4) is 5.75 Å². The van der Waals surface area contributed by atoms with Crippen LogP contribution in [0.4, 0.5) is 5.69 Å². The Kier molecular flexibility index (Phi) is 4.95. The molecule has 2 rings (SSSR count). The predicted octanol–water partition coefficient (Wildman–Crippen LogP) is -3.06. The molecule has 0 aliphatic carbocycles. The molecule has 0 heterocycles. The maximum atomic E-state index is 11.2. The molecule has 0 aliphatic heterocycles. The largest absolute Gasteiger partial charge is 1.00 e. The van der Waals surface area contributed by atoms with Gasteiger partial charge in [-0.25, -0.2) is 16.8 Å². The van der Waals surface area contributed by atoms with Crippen molar-refractivity contribution in [2.75, 3.05) is 5.73 Å². The number of phenols is 1. The van der Waals surface area contributed by atoms with Crippen LogP contribution in [0.2, 0.25) is 0 Å². The fourth-order valence-electron chi connectivity index (χ4n) is 1.80. The van der Waals surface area contributed by atoms with Crippen molar-refractivity contribution >= 4 is 36.7 Å². The Bertz CT molecular complexity index is 922. The van der Waals surface area contributed by atoms with Gasteiger partial charge in [0.05, 0.1) is 9.79 Å². The number of fused-ring (bicyclic) bond motifs is 1. The van der Waals surface area contributed by atoms with Crippen LogP contribution in [-0.4, -0.2) is 31.0 Å². The Balaban J connectivity index is 0.00000220. The van der Waals surface area contributed by atoms with Crippen molar-refractivity contribution in [1.29, 1.82) is 0 Å². The van der Waals surface area contributed by atoms with Crippen LogP contribution in [0.25, 0.3) is 10.8 Å². The van der Waals surface area contributed by atoms with Gasteiger partial charge in [0, 0.05) is 16.5 Å². The number of benzene rings is 2. The molecule has 8 nitrogen and oxygen atoms in total. The van der Waals surface area contributed by atoms with E-state index in [0.29, 0.717) is 12.1 Å². The molecule has 0 aromatic heterocycles. The van der Waals surface area contributed by atoms with E-state index in [4.69, 9.17) is 5.73 Å². The third kappa shape index (κ3) is 3.48. The minimum atomic E-state index is -5.02. The van der Waals surface area contributed by atoms with Crippen molar-refractivity contribution in [3.63, 3.8) is 0 Å². The molecular formula is C10H7NNaO7S2-. The molecule has 11 heteroatoms. The van der Waals surface area contributed by atoms with Gasteiger partial charge in [-0.2, -0.15) is 0 Å². The Morgan fingerprint density at radius 3 is 2.00 bits per heavy atom. The van der Waals surface area contributed by atoms with E-state index in [0.717, 1.165) is 6.07 Å². The molecule has 2 aromatic carbocycles. The van der Waals surface area contributed by atoms with E-state index in [1.165, 1.54) is 6.07 Å². The third-order valence-electron chi connectivity index (χ3n) is 2.61. The number of phenolic OH excluding ortho intramolecular Hbond substituents is 1. The summed E-state index contributed by atoms with van der Waals surface area (Å²) in [6, 6.07) is 3.65. The van der Waals surface area contributed by atoms with Gasteiger partial charge >= 0.3 is 29.6 Å². The molecule has 0 spiro atoms. The van der Waals surface area contributed by atoms with Gasteiger partial charge in [-0.3, -0.25) is 0 Å². The van der Waals surface area contributed by atoms with Crippen LogP contribution in [0.15, 0.2) is 34.1 Å². The maximum Gasteiger partial charge on any atom is 1.00 e. The minimum absolute atomic E-state index is 0. The predicted molar refractivity (Wildman–Crippen MR) is 66.0 cm³/mol. The summed E-state index contributed by atoms with van der Waals surface area (Å²) in [6.07, 6.45) is 0. The molecule has 108 valence electrons. The number of anilines is 1. The van der Waals surface area contributed by atoms with Gasteiger partial charge in [0.1, 0.15) is 26.0 Å². The van der Waals surface area contributed by atoms with Crippen LogP contribution in [0.5, 0.6) is 5.75 Å². The number of nitrogens with two attached hydrogens (primary N) is 1. The van der Waals surface area contributed by atoms with Crippen LogP contribution < -0.4 is 35.3 Å². The van der Waals surface area contributed by atoms with E-state index < -0.39 is 46.9 Å². The molecule has 0 unspecified atom stereocenters. The number of hydrogen-bond donors (Lipinski definition) is 2. The van der Waals surface area contributed by atoms with Crippen LogP contribution in [-0.2, 0) is 20.2 Å². The number of aromatic hydroxyl groups is 1. The van der Waals surface area contributed by atoms with Gasteiger partial charge in [0.25, 0.3) is 0 Å². The van der Waals surface area contributed by atoms with Gasteiger partial charge in [0.2, 0.25) is 0 Å². The van der Waals surface area contributed by atoms with E-state index >= 15 is 0 Å². The summed E-state index contributed by atoms with van der Waals surface area (Å²) in [5.74, 6) is -0.651. The van der Waals surface area contributed by atoms with Gasteiger partial charge < -0.3 is 19.9 Å². The summed E-state index contributed by atoms with van der Waals surface area (Å²) >= 11 is 0. The fourth-order valence-corrected chi connectivity index (χ4v) is 3.12. The molecule has 0 radical (unpaired) electrons. The molecule has 3 N–H and O–H groups in total. The van der Waals surface area contributed by atoms with Crippen molar-refractivity contribution in [1.82, 2.24) is 0 Å². The van der Waals surface area contributed by atoms with Crippen LogP contribution in [0.1, 0.15) is 0 Å². The van der Waals surface area contributed by atoms with E-state index in [1.807, 2.05) is 0 Å². The zero-order chi connectivity index (χ0) is 15.3. The second kappa shape index (κ2) is 5.72. The summed E-state index contributed by atoms with van der Waals surface area (Å²) in [6.45, 7) is 0. The van der Waals surface area contributed by atoms with Crippen LogP contribution in [0.3, 0.4) is 0 Å². The van der Waals surface area contributed by atoms with E-state index in [-0.39, 0.29) is 34.9 Å². The first-order valence-corrected chi connectivity index (χ1v) is 7.80. The number of rotatable bonds is 2. The second-order valence-electron chi connectivity index (χ2n) is 3.93. The van der Waals surface area contributed by atoms with Gasteiger partial charge in [0.15, 0.2) is 0 Å². The van der Waals surface area contributed by atoms with E-state index in [1.54, 1.807) is 0 Å². The summed E-state index contributed by atoms with van der Waals surface area (Å²) in [7, 11) is -9.96. The zero-order valence-electron chi connectivity index (χ0n) is 10.6. The van der Waals surface area contributed by atoms with E-state index in [2.05, 4.69) is 0 Å². The van der Waals surface area contributed by atoms with Gasteiger partial charge in [-0.1, -0.05) is 0 Å². The molecule has 21 heavy (non-hydrogen) atoms. The first-order chi connectivity index (χ1) is 9.01. The topological polar surface area (TPSA) is 161 Å². The van der Waals surface area contributed by atoms with E-state index in [9.17, 15) is 31.0 Å². The number of hydrogen-bond acceptors (Lipinski definition) is 8. The average molecular weight is 340 g/mol. The van der Waals surface area contributed by atoms with Gasteiger partial charge in [-0.15, -0.1) is 0 Å². The minimum Gasteiger partial charge on any atom is -0.744 e. The van der Waals surface area contributed by atoms with Crippen molar-refractivity contribution in [3.05, 3.63) is 24.3 Å². The summed E-state index contributed by atoms with van der Waals surface area (Å²) < 4.78 is 66.4. The van der Waals surface area contributed by atoms with Crippen molar-refractivity contribution in [2.24, 2.45) is 0 Å². The first-order valence-electron chi connectivity index (χ1n) is 4.99. The monoisotopic (exact) mass is 340 g/mol. The molecule has 0 atom stereocenters. The second-order valence-corrected chi connectivity index (χ2v) is 6.63. The SMILES string of the molecule is Nc1ccc2c(O)cc(S(=O)(=O)[O-])cc2c1S(=O)(=O)[O-].[Na+]. The molecule has 0 saturated carbocycles. The summed E-state index contributed by atoms with van der Waals surface area (Å²) in [5, 5.41) is 9.12. The van der Waals surface area contributed by atoms with Crippen molar-refractivity contribution < 1.29 is 60.6 Å². The molecular weight excluding hydrogens is 333 g/mol. The smallest absolute Gasteiger partial charge is 0.744 e. The molecule has 0 aliphatic rings. The molecule has 0 bridgehead atoms. The standard InChI is InChI=1S/C10H9NO7S2.Na/c11-8-2-1-6-7(10(8)20(16,17)18)3-5(4-9(6)12)19(13,14)15;/h1-4,12H,11H2,(H,13,14,15)(H,16,17,18);/q;+1/p-2. The quantitative estimate of drug-likeness (QED) is 0.331. The fraction of sp³-hybridized carbons (Fsp3) is 0. The van der Waals surface area contributed by atoms with Crippen molar-refractivity contribution in [2.45, 2.75) is 9.79 Å². The molecule has 0 fully saturated rings.